The van der Waals surface area contributed by atoms with E-state index in [-0.39, 0.29) is 5.25 Å². The van der Waals surface area contributed by atoms with Crippen molar-refractivity contribution in [2.75, 3.05) is 0 Å². The second kappa shape index (κ2) is 5.76. The average Bonchev–Trinajstić information content (AvgIpc) is 3.20. The van der Waals surface area contributed by atoms with E-state index in [1.165, 1.54) is 0 Å². The molecular weight excluding hydrogens is 320 g/mol. The first kappa shape index (κ1) is 14.9. The fourth-order valence-electron chi connectivity index (χ4n) is 2.64. The molecule has 1 unspecified atom stereocenters. The van der Waals surface area contributed by atoms with Crippen LogP contribution in [0.4, 0.5) is 0 Å². The summed E-state index contributed by atoms with van der Waals surface area (Å²) < 4.78 is 3.56. The van der Waals surface area contributed by atoms with Gasteiger partial charge < -0.3 is 0 Å². The lowest BCUT2D eigenvalue weighted by Crippen LogP contribution is -2.01. The van der Waals surface area contributed by atoms with Gasteiger partial charge in [0, 0.05) is 18.3 Å². The standard InChI is InChI=1S/C17H16N6S/c1-11-7-6-10-13-18-15(21-23(11)13)14(24)16-19-17(22(2)20-16)12-8-4-3-5-9-12/h3-10,14,24H,1-2H3. The van der Waals surface area contributed by atoms with E-state index in [0.29, 0.717) is 11.6 Å². The third kappa shape index (κ3) is 2.46. The van der Waals surface area contributed by atoms with E-state index < -0.39 is 0 Å². The molecule has 0 radical (unpaired) electrons. The number of rotatable bonds is 3. The number of benzene rings is 1. The summed E-state index contributed by atoms with van der Waals surface area (Å²) in [7, 11) is 1.88. The van der Waals surface area contributed by atoms with Crippen LogP contribution in [0.5, 0.6) is 0 Å². The summed E-state index contributed by atoms with van der Waals surface area (Å²) in [5, 5.41) is 8.65. The Labute approximate surface area is 144 Å². The molecule has 0 N–H and O–H groups in total. The Kier molecular flexibility index (Phi) is 3.57. The van der Waals surface area contributed by atoms with Gasteiger partial charge in [0.1, 0.15) is 5.25 Å². The van der Waals surface area contributed by atoms with E-state index >= 15 is 0 Å². The molecule has 0 fully saturated rings. The van der Waals surface area contributed by atoms with Crippen molar-refractivity contribution in [1.29, 1.82) is 0 Å². The summed E-state index contributed by atoms with van der Waals surface area (Å²) in [5.74, 6) is 1.98. The zero-order valence-corrected chi connectivity index (χ0v) is 14.2. The highest BCUT2D eigenvalue weighted by atomic mass is 32.1. The van der Waals surface area contributed by atoms with Crippen LogP contribution in [0.1, 0.15) is 22.6 Å². The number of hydrogen-bond acceptors (Lipinski definition) is 5. The Morgan fingerprint density at radius 3 is 2.42 bits per heavy atom. The third-order valence-electron chi connectivity index (χ3n) is 3.87. The monoisotopic (exact) mass is 336 g/mol. The van der Waals surface area contributed by atoms with Crippen LogP contribution in [0.2, 0.25) is 0 Å². The molecule has 0 aliphatic heterocycles. The number of aromatic nitrogens is 6. The fourth-order valence-corrected chi connectivity index (χ4v) is 2.86. The maximum atomic E-state index is 4.65. The van der Waals surface area contributed by atoms with Gasteiger partial charge in [0.15, 0.2) is 23.1 Å². The van der Waals surface area contributed by atoms with Crippen molar-refractivity contribution in [3.05, 3.63) is 65.9 Å². The maximum absolute atomic E-state index is 4.65. The number of thiol groups is 1. The van der Waals surface area contributed by atoms with Gasteiger partial charge >= 0.3 is 0 Å². The Hall–Kier alpha value is -2.67. The zero-order chi connectivity index (χ0) is 16.7. The SMILES string of the molecule is Cc1cccc2nc(C(S)c3nc(-c4ccccc4)n(C)n3)nn12. The number of fused-ring (bicyclic) bond motifs is 1. The van der Waals surface area contributed by atoms with Gasteiger partial charge in [-0.1, -0.05) is 36.4 Å². The van der Waals surface area contributed by atoms with Crippen LogP contribution in [0, 0.1) is 6.92 Å². The lowest BCUT2D eigenvalue weighted by molar-refractivity contribution is 0.746. The predicted molar refractivity (Wildman–Crippen MR) is 95.0 cm³/mol. The van der Waals surface area contributed by atoms with Gasteiger partial charge in [-0.05, 0) is 19.1 Å². The van der Waals surface area contributed by atoms with Crippen molar-refractivity contribution in [3.8, 4) is 11.4 Å². The quantitative estimate of drug-likeness (QED) is 0.585. The Bertz CT molecular complexity index is 1000. The number of aryl methyl sites for hydroxylation is 2. The Morgan fingerprint density at radius 1 is 0.917 bits per heavy atom. The van der Waals surface area contributed by atoms with Gasteiger partial charge in [0.05, 0.1) is 0 Å². The minimum Gasteiger partial charge on any atom is -0.249 e. The van der Waals surface area contributed by atoms with E-state index in [1.54, 1.807) is 9.20 Å². The summed E-state index contributed by atoms with van der Waals surface area (Å²) >= 11 is 4.65. The highest BCUT2D eigenvalue weighted by molar-refractivity contribution is 7.80. The van der Waals surface area contributed by atoms with E-state index in [9.17, 15) is 0 Å². The zero-order valence-electron chi connectivity index (χ0n) is 13.3. The topological polar surface area (TPSA) is 60.9 Å². The molecule has 120 valence electrons. The molecule has 0 amide bonds. The van der Waals surface area contributed by atoms with Crippen molar-refractivity contribution in [2.24, 2.45) is 7.05 Å². The molecule has 3 aromatic heterocycles. The van der Waals surface area contributed by atoms with Crippen LogP contribution in [0.3, 0.4) is 0 Å². The first-order valence-corrected chi connectivity index (χ1v) is 8.12. The minimum absolute atomic E-state index is 0.382. The predicted octanol–water partition coefficient (Wildman–Crippen LogP) is 2.85. The summed E-state index contributed by atoms with van der Waals surface area (Å²) in [4.78, 5) is 9.18. The maximum Gasteiger partial charge on any atom is 0.172 e. The molecule has 4 rings (SSSR count). The van der Waals surface area contributed by atoms with Crippen LogP contribution in [-0.2, 0) is 7.05 Å². The number of hydrogen-bond donors (Lipinski definition) is 1. The Balaban J connectivity index is 1.74. The second-order valence-electron chi connectivity index (χ2n) is 5.59. The van der Waals surface area contributed by atoms with Crippen LogP contribution in [0.15, 0.2) is 48.5 Å². The van der Waals surface area contributed by atoms with Gasteiger partial charge in [0.25, 0.3) is 0 Å². The molecule has 0 aliphatic carbocycles. The summed E-state index contributed by atoms with van der Waals surface area (Å²) in [6, 6.07) is 15.8. The molecule has 24 heavy (non-hydrogen) atoms. The third-order valence-corrected chi connectivity index (χ3v) is 4.33. The smallest absolute Gasteiger partial charge is 0.172 e. The van der Waals surface area contributed by atoms with Crippen molar-refractivity contribution in [3.63, 3.8) is 0 Å². The molecule has 4 aromatic rings. The summed E-state index contributed by atoms with van der Waals surface area (Å²) in [5.41, 5.74) is 2.83. The van der Waals surface area contributed by atoms with E-state index in [2.05, 4.69) is 32.8 Å². The molecule has 0 saturated heterocycles. The van der Waals surface area contributed by atoms with Gasteiger partial charge in [-0.3, -0.25) is 0 Å². The Morgan fingerprint density at radius 2 is 1.67 bits per heavy atom. The first-order chi connectivity index (χ1) is 11.6. The number of nitrogens with zero attached hydrogens (tertiary/aromatic N) is 6. The molecule has 1 aromatic carbocycles. The number of pyridine rings is 1. The molecule has 0 spiro atoms. The van der Waals surface area contributed by atoms with Crippen LogP contribution in [0.25, 0.3) is 17.0 Å². The first-order valence-electron chi connectivity index (χ1n) is 7.60. The van der Waals surface area contributed by atoms with Gasteiger partial charge in [-0.15, -0.1) is 5.10 Å². The van der Waals surface area contributed by atoms with Crippen LogP contribution in [-0.4, -0.2) is 29.4 Å². The molecule has 6 nitrogen and oxygen atoms in total. The lowest BCUT2D eigenvalue weighted by atomic mass is 10.2. The van der Waals surface area contributed by atoms with Gasteiger partial charge in [-0.2, -0.15) is 17.7 Å². The molecule has 0 saturated carbocycles. The molecular formula is C17H16N6S. The highest BCUT2D eigenvalue weighted by Gasteiger charge is 2.21. The van der Waals surface area contributed by atoms with E-state index in [0.717, 1.165) is 22.7 Å². The van der Waals surface area contributed by atoms with Crippen LogP contribution >= 0.6 is 12.6 Å². The van der Waals surface area contributed by atoms with Crippen molar-refractivity contribution in [1.82, 2.24) is 29.4 Å². The average molecular weight is 336 g/mol. The molecule has 3 heterocycles. The summed E-state index contributed by atoms with van der Waals surface area (Å²) in [6.07, 6.45) is 0. The van der Waals surface area contributed by atoms with Crippen molar-refractivity contribution in [2.45, 2.75) is 12.2 Å². The molecule has 7 heteroatoms. The van der Waals surface area contributed by atoms with Gasteiger partial charge in [0.2, 0.25) is 0 Å². The molecule has 0 aliphatic rings. The molecule has 0 bridgehead atoms. The van der Waals surface area contributed by atoms with E-state index in [4.69, 9.17) is 0 Å². The van der Waals surface area contributed by atoms with Crippen molar-refractivity contribution >= 4 is 18.3 Å². The normalized spacial score (nSPS) is 12.6. The highest BCUT2D eigenvalue weighted by Crippen LogP contribution is 2.26. The fraction of sp³-hybridized carbons (Fsp3) is 0.176. The largest absolute Gasteiger partial charge is 0.249 e. The van der Waals surface area contributed by atoms with E-state index in [1.807, 2.05) is 62.5 Å². The lowest BCUT2D eigenvalue weighted by Gasteiger charge is -1.99. The van der Waals surface area contributed by atoms with Crippen molar-refractivity contribution < 1.29 is 0 Å². The second-order valence-corrected chi connectivity index (χ2v) is 6.11. The van der Waals surface area contributed by atoms with Crippen LogP contribution < -0.4 is 0 Å². The summed E-state index contributed by atoms with van der Waals surface area (Å²) in [6.45, 7) is 1.99. The molecule has 1 atom stereocenters. The van der Waals surface area contributed by atoms with Gasteiger partial charge in [-0.25, -0.2) is 19.2 Å². The minimum atomic E-state index is -0.382.